The van der Waals surface area contributed by atoms with E-state index in [1.54, 1.807) is 23.1 Å². The van der Waals surface area contributed by atoms with E-state index in [2.05, 4.69) is 0 Å². The number of piperidine rings is 1. The summed E-state index contributed by atoms with van der Waals surface area (Å²) in [6.45, 7) is 1.12. The van der Waals surface area contributed by atoms with Crippen LogP contribution in [0.2, 0.25) is 0 Å². The van der Waals surface area contributed by atoms with E-state index < -0.39 is 5.82 Å². The SMILES string of the molecule is COc1ccc(C(=O)N2CCC(C(N)=O)CC2)cc1Oc1ccc(CN)cc1F. The Hall–Kier alpha value is -3.13. The molecular formula is C21H24FN3O4. The zero-order valence-electron chi connectivity index (χ0n) is 16.2. The van der Waals surface area contributed by atoms with Crippen LogP contribution in [-0.4, -0.2) is 36.9 Å². The Labute approximate surface area is 168 Å². The summed E-state index contributed by atoms with van der Waals surface area (Å²) in [5.74, 6) is -0.679. The van der Waals surface area contributed by atoms with E-state index in [9.17, 15) is 14.0 Å². The zero-order chi connectivity index (χ0) is 21.0. The Bertz CT molecular complexity index is 911. The molecule has 8 heteroatoms. The van der Waals surface area contributed by atoms with Crippen molar-refractivity contribution in [3.8, 4) is 17.2 Å². The second kappa shape index (κ2) is 8.91. The number of rotatable bonds is 6. The Morgan fingerprint density at radius 2 is 1.79 bits per heavy atom. The lowest BCUT2D eigenvalue weighted by molar-refractivity contribution is -0.123. The van der Waals surface area contributed by atoms with Gasteiger partial charge in [-0.3, -0.25) is 9.59 Å². The molecule has 2 amide bonds. The van der Waals surface area contributed by atoms with Crippen LogP contribution in [0.1, 0.15) is 28.8 Å². The van der Waals surface area contributed by atoms with Crippen LogP contribution >= 0.6 is 0 Å². The molecule has 7 nitrogen and oxygen atoms in total. The standard InChI is InChI=1S/C21H24FN3O4/c1-28-18-5-3-15(21(27)25-8-6-14(7-9-25)20(24)26)11-19(18)29-17-4-2-13(12-23)10-16(17)22/h2-5,10-11,14H,6-9,12,23H2,1H3,(H2,24,26). The average molecular weight is 401 g/mol. The molecule has 0 unspecified atom stereocenters. The van der Waals surface area contributed by atoms with Gasteiger partial charge in [-0.1, -0.05) is 6.07 Å². The molecule has 0 atom stereocenters. The van der Waals surface area contributed by atoms with Crippen LogP contribution in [0, 0.1) is 11.7 Å². The number of likely N-dealkylation sites (tertiary alicyclic amines) is 1. The molecule has 0 spiro atoms. The Morgan fingerprint density at radius 3 is 2.38 bits per heavy atom. The van der Waals surface area contributed by atoms with Gasteiger partial charge in [0.25, 0.3) is 5.91 Å². The summed E-state index contributed by atoms with van der Waals surface area (Å²) < 4.78 is 25.2. The largest absolute Gasteiger partial charge is 0.493 e. The molecule has 1 heterocycles. The van der Waals surface area contributed by atoms with Gasteiger partial charge in [-0.2, -0.15) is 0 Å². The fraction of sp³-hybridized carbons (Fsp3) is 0.333. The van der Waals surface area contributed by atoms with Crippen LogP contribution in [0.25, 0.3) is 0 Å². The number of benzene rings is 2. The monoisotopic (exact) mass is 401 g/mol. The molecule has 0 aliphatic carbocycles. The molecule has 0 radical (unpaired) electrons. The minimum atomic E-state index is -0.555. The van der Waals surface area contributed by atoms with Gasteiger partial charge >= 0.3 is 0 Å². The van der Waals surface area contributed by atoms with Gasteiger partial charge in [-0.05, 0) is 48.7 Å². The normalized spacial score (nSPS) is 14.5. The van der Waals surface area contributed by atoms with Crippen molar-refractivity contribution in [2.75, 3.05) is 20.2 Å². The van der Waals surface area contributed by atoms with Crippen molar-refractivity contribution in [3.05, 3.63) is 53.3 Å². The molecule has 2 aromatic carbocycles. The summed E-state index contributed by atoms with van der Waals surface area (Å²) in [6, 6.07) is 9.22. The van der Waals surface area contributed by atoms with E-state index in [1.165, 1.54) is 25.3 Å². The second-order valence-corrected chi connectivity index (χ2v) is 6.91. The highest BCUT2D eigenvalue weighted by molar-refractivity contribution is 5.95. The number of nitrogens with two attached hydrogens (primary N) is 2. The third-order valence-corrected chi connectivity index (χ3v) is 5.05. The predicted molar refractivity (Wildman–Crippen MR) is 105 cm³/mol. The number of ether oxygens (including phenoxy) is 2. The van der Waals surface area contributed by atoms with E-state index in [0.717, 1.165) is 0 Å². The summed E-state index contributed by atoms with van der Waals surface area (Å²) in [5, 5.41) is 0. The van der Waals surface area contributed by atoms with Crippen molar-refractivity contribution in [3.63, 3.8) is 0 Å². The summed E-state index contributed by atoms with van der Waals surface area (Å²) >= 11 is 0. The Kier molecular flexibility index (Phi) is 6.33. The first-order chi connectivity index (χ1) is 13.9. The van der Waals surface area contributed by atoms with E-state index >= 15 is 0 Å². The highest BCUT2D eigenvalue weighted by atomic mass is 19.1. The lowest BCUT2D eigenvalue weighted by Crippen LogP contribution is -2.41. The molecule has 29 heavy (non-hydrogen) atoms. The number of nitrogens with zero attached hydrogens (tertiary/aromatic N) is 1. The van der Waals surface area contributed by atoms with E-state index in [-0.39, 0.29) is 35.8 Å². The number of hydrogen-bond acceptors (Lipinski definition) is 5. The van der Waals surface area contributed by atoms with E-state index in [0.29, 0.717) is 42.8 Å². The van der Waals surface area contributed by atoms with Crippen molar-refractivity contribution in [2.24, 2.45) is 17.4 Å². The van der Waals surface area contributed by atoms with Gasteiger partial charge in [0.15, 0.2) is 23.1 Å². The number of methoxy groups -OCH3 is 1. The lowest BCUT2D eigenvalue weighted by Gasteiger charge is -2.30. The van der Waals surface area contributed by atoms with Crippen molar-refractivity contribution >= 4 is 11.8 Å². The van der Waals surface area contributed by atoms with Crippen LogP contribution in [0.3, 0.4) is 0 Å². The molecule has 0 bridgehead atoms. The fourth-order valence-corrected chi connectivity index (χ4v) is 3.31. The molecule has 1 saturated heterocycles. The zero-order valence-corrected chi connectivity index (χ0v) is 16.2. The fourth-order valence-electron chi connectivity index (χ4n) is 3.31. The summed E-state index contributed by atoms with van der Waals surface area (Å²) in [4.78, 5) is 25.8. The summed E-state index contributed by atoms with van der Waals surface area (Å²) in [7, 11) is 1.46. The molecule has 1 aliphatic heterocycles. The highest BCUT2D eigenvalue weighted by Gasteiger charge is 2.27. The molecule has 0 aromatic heterocycles. The van der Waals surface area contributed by atoms with Gasteiger partial charge in [0, 0.05) is 31.1 Å². The topological polar surface area (TPSA) is 108 Å². The van der Waals surface area contributed by atoms with Crippen LogP contribution in [-0.2, 0) is 11.3 Å². The van der Waals surface area contributed by atoms with Gasteiger partial charge in [0.05, 0.1) is 7.11 Å². The molecule has 154 valence electrons. The minimum Gasteiger partial charge on any atom is -0.493 e. The second-order valence-electron chi connectivity index (χ2n) is 6.91. The van der Waals surface area contributed by atoms with Gasteiger partial charge in [0.1, 0.15) is 0 Å². The van der Waals surface area contributed by atoms with Gasteiger partial charge in [0.2, 0.25) is 5.91 Å². The van der Waals surface area contributed by atoms with Gasteiger partial charge < -0.3 is 25.8 Å². The Morgan fingerprint density at radius 1 is 1.10 bits per heavy atom. The van der Waals surface area contributed by atoms with Crippen LogP contribution in [0.5, 0.6) is 17.2 Å². The number of carbonyl (C=O) groups is 2. The van der Waals surface area contributed by atoms with E-state index in [4.69, 9.17) is 20.9 Å². The number of primary amides is 1. The third kappa shape index (κ3) is 4.65. The third-order valence-electron chi connectivity index (χ3n) is 5.05. The highest BCUT2D eigenvalue weighted by Crippen LogP contribution is 2.34. The number of halogens is 1. The molecule has 0 saturated carbocycles. The molecule has 1 fully saturated rings. The lowest BCUT2D eigenvalue weighted by atomic mass is 9.96. The molecule has 3 rings (SSSR count). The quantitative estimate of drug-likeness (QED) is 0.773. The Balaban J connectivity index is 1.80. The van der Waals surface area contributed by atoms with Crippen LogP contribution in [0.15, 0.2) is 36.4 Å². The number of hydrogen-bond donors (Lipinski definition) is 2. The first-order valence-electron chi connectivity index (χ1n) is 9.36. The smallest absolute Gasteiger partial charge is 0.253 e. The summed E-state index contributed by atoms with van der Waals surface area (Å²) in [5.41, 5.74) is 11.9. The first kappa shape index (κ1) is 20.6. The van der Waals surface area contributed by atoms with Crippen molar-refractivity contribution < 1.29 is 23.5 Å². The number of amides is 2. The summed E-state index contributed by atoms with van der Waals surface area (Å²) in [6.07, 6.45) is 1.08. The number of carbonyl (C=O) groups excluding carboxylic acids is 2. The average Bonchev–Trinajstić information content (AvgIpc) is 2.74. The van der Waals surface area contributed by atoms with Crippen molar-refractivity contribution in [1.82, 2.24) is 4.90 Å². The van der Waals surface area contributed by atoms with Gasteiger partial charge in [-0.25, -0.2) is 4.39 Å². The maximum atomic E-state index is 14.3. The molecule has 4 N–H and O–H groups in total. The van der Waals surface area contributed by atoms with Gasteiger partial charge in [-0.15, -0.1) is 0 Å². The molecular weight excluding hydrogens is 377 g/mol. The van der Waals surface area contributed by atoms with Crippen molar-refractivity contribution in [1.29, 1.82) is 0 Å². The van der Waals surface area contributed by atoms with Crippen LogP contribution in [0.4, 0.5) is 4.39 Å². The maximum absolute atomic E-state index is 14.3. The van der Waals surface area contributed by atoms with Crippen LogP contribution < -0.4 is 20.9 Å². The van der Waals surface area contributed by atoms with Crippen molar-refractivity contribution in [2.45, 2.75) is 19.4 Å². The minimum absolute atomic E-state index is 0.00683. The molecule has 1 aliphatic rings. The first-order valence-corrected chi connectivity index (χ1v) is 9.36. The molecule has 2 aromatic rings. The predicted octanol–water partition coefficient (Wildman–Crippen LogP) is 2.42. The van der Waals surface area contributed by atoms with E-state index in [1.807, 2.05) is 0 Å². The maximum Gasteiger partial charge on any atom is 0.253 e.